The van der Waals surface area contributed by atoms with Crippen molar-refractivity contribution in [2.24, 2.45) is 11.1 Å². The average Bonchev–Trinajstić information content (AvgIpc) is 2.39. The second kappa shape index (κ2) is 4.95. The molecular formula is C13H19NO2. The van der Waals surface area contributed by atoms with Crippen LogP contribution < -0.4 is 5.73 Å². The second-order valence-corrected chi connectivity index (χ2v) is 4.54. The van der Waals surface area contributed by atoms with E-state index in [0.29, 0.717) is 13.2 Å². The van der Waals surface area contributed by atoms with Crippen molar-refractivity contribution in [3.8, 4) is 0 Å². The number of aliphatic hydroxyl groups excluding tert-OH is 1. The summed E-state index contributed by atoms with van der Waals surface area (Å²) in [4.78, 5) is 0. The molecule has 1 aliphatic rings. The molecule has 1 aromatic carbocycles. The summed E-state index contributed by atoms with van der Waals surface area (Å²) in [7, 11) is 0. The minimum Gasteiger partial charge on any atom is -0.388 e. The van der Waals surface area contributed by atoms with E-state index >= 15 is 0 Å². The van der Waals surface area contributed by atoms with E-state index in [2.05, 4.69) is 0 Å². The molecule has 2 atom stereocenters. The Balaban J connectivity index is 2.20. The number of aliphatic hydroxyl groups is 1. The van der Waals surface area contributed by atoms with Crippen molar-refractivity contribution in [3.63, 3.8) is 0 Å². The highest BCUT2D eigenvalue weighted by molar-refractivity contribution is 5.20. The normalized spacial score (nSPS) is 27.6. The molecule has 3 N–H and O–H groups in total. The fourth-order valence-electron chi connectivity index (χ4n) is 2.35. The molecule has 0 bridgehead atoms. The van der Waals surface area contributed by atoms with Crippen molar-refractivity contribution in [1.82, 2.24) is 0 Å². The van der Waals surface area contributed by atoms with Crippen LogP contribution in [0.3, 0.4) is 0 Å². The Morgan fingerprint density at radius 2 is 2.12 bits per heavy atom. The van der Waals surface area contributed by atoms with Gasteiger partial charge in [-0.1, -0.05) is 30.3 Å². The number of hydrogen-bond acceptors (Lipinski definition) is 3. The minimum absolute atomic E-state index is 0.306. The molecule has 1 aliphatic heterocycles. The lowest BCUT2D eigenvalue weighted by atomic mass is 9.75. The summed E-state index contributed by atoms with van der Waals surface area (Å²) in [6, 6.07) is 9.70. The van der Waals surface area contributed by atoms with E-state index in [-0.39, 0.29) is 5.41 Å². The first kappa shape index (κ1) is 11.6. The first-order valence-electron chi connectivity index (χ1n) is 5.79. The molecule has 1 heterocycles. The highest BCUT2D eigenvalue weighted by Gasteiger charge is 2.39. The Kier molecular flexibility index (Phi) is 3.59. The van der Waals surface area contributed by atoms with Gasteiger partial charge in [-0.25, -0.2) is 0 Å². The van der Waals surface area contributed by atoms with Gasteiger partial charge in [-0.05, 0) is 18.4 Å². The van der Waals surface area contributed by atoms with Gasteiger partial charge < -0.3 is 15.6 Å². The molecule has 2 rings (SSSR count). The maximum Gasteiger partial charge on any atom is 0.0880 e. The monoisotopic (exact) mass is 221 g/mol. The van der Waals surface area contributed by atoms with E-state index < -0.39 is 6.10 Å². The van der Waals surface area contributed by atoms with Crippen LogP contribution in [0.1, 0.15) is 24.5 Å². The van der Waals surface area contributed by atoms with Gasteiger partial charge in [0.1, 0.15) is 0 Å². The van der Waals surface area contributed by atoms with Gasteiger partial charge in [0.25, 0.3) is 0 Å². The summed E-state index contributed by atoms with van der Waals surface area (Å²) in [5.74, 6) is 0. The van der Waals surface area contributed by atoms with Gasteiger partial charge in [-0.2, -0.15) is 0 Å². The van der Waals surface area contributed by atoms with Gasteiger partial charge in [0, 0.05) is 18.6 Å². The summed E-state index contributed by atoms with van der Waals surface area (Å²) in [5, 5.41) is 10.4. The summed E-state index contributed by atoms with van der Waals surface area (Å²) in [6.45, 7) is 1.80. The van der Waals surface area contributed by atoms with Crippen molar-refractivity contribution < 1.29 is 9.84 Å². The fraction of sp³-hybridized carbons (Fsp3) is 0.538. The van der Waals surface area contributed by atoms with Crippen LogP contribution in [-0.2, 0) is 4.74 Å². The zero-order valence-electron chi connectivity index (χ0n) is 9.43. The Labute approximate surface area is 96.2 Å². The van der Waals surface area contributed by atoms with Crippen molar-refractivity contribution in [2.45, 2.75) is 18.9 Å². The van der Waals surface area contributed by atoms with Crippen molar-refractivity contribution >= 4 is 0 Å². The van der Waals surface area contributed by atoms with Crippen molar-refractivity contribution in [2.75, 3.05) is 19.8 Å². The van der Waals surface area contributed by atoms with Crippen LogP contribution in [0.4, 0.5) is 0 Å². The van der Waals surface area contributed by atoms with Gasteiger partial charge in [-0.15, -0.1) is 0 Å². The number of hydrogen-bond donors (Lipinski definition) is 2. The van der Waals surface area contributed by atoms with Crippen LogP contribution in [0.15, 0.2) is 30.3 Å². The summed E-state index contributed by atoms with van der Waals surface area (Å²) in [6.07, 6.45) is 1.37. The minimum atomic E-state index is -0.529. The van der Waals surface area contributed by atoms with E-state index in [4.69, 9.17) is 10.5 Å². The van der Waals surface area contributed by atoms with Crippen LogP contribution in [0.5, 0.6) is 0 Å². The molecule has 1 aromatic rings. The molecular weight excluding hydrogens is 202 g/mol. The molecule has 1 saturated heterocycles. The van der Waals surface area contributed by atoms with Crippen LogP contribution in [-0.4, -0.2) is 24.9 Å². The predicted molar refractivity (Wildman–Crippen MR) is 62.9 cm³/mol. The van der Waals surface area contributed by atoms with Gasteiger partial charge in [0.15, 0.2) is 0 Å². The predicted octanol–water partition coefficient (Wildman–Crippen LogP) is 1.48. The third kappa shape index (κ3) is 2.12. The molecule has 3 nitrogen and oxygen atoms in total. The third-order valence-corrected chi connectivity index (χ3v) is 3.45. The van der Waals surface area contributed by atoms with Crippen LogP contribution >= 0.6 is 0 Å². The first-order valence-corrected chi connectivity index (χ1v) is 5.79. The quantitative estimate of drug-likeness (QED) is 0.812. The van der Waals surface area contributed by atoms with Gasteiger partial charge in [0.05, 0.1) is 12.7 Å². The zero-order chi connectivity index (χ0) is 11.4. The SMILES string of the molecule is NCC1(C(O)c2ccccc2)CCCOC1. The second-order valence-electron chi connectivity index (χ2n) is 4.54. The van der Waals surface area contributed by atoms with E-state index in [1.807, 2.05) is 30.3 Å². The van der Waals surface area contributed by atoms with Crippen molar-refractivity contribution in [3.05, 3.63) is 35.9 Å². The van der Waals surface area contributed by atoms with Crippen molar-refractivity contribution in [1.29, 1.82) is 0 Å². The smallest absolute Gasteiger partial charge is 0.0880 e. The lowest BCUT2D eigenvalue weighted by Gasteiger charge is -2.40. The molecule has 1 fully saturated rings. The summed E-state index contributed by atoms with van der Waals surface area (Å²) < 4.78 is 5.48. The molecule has 0 aliphatic carbocycles. The maximum atomic E-state index is 10.4. The van der Waals surface area contributed by atoms with Crippen LogP contribution in [0, 0.1) is 5.41 Å². The Hall–Kier alpha value is -0.900. The standard InChI is InChI=1S/C13H19NO2/c14-9-13(7-4-8-16-10-13)12(15)11-5-2-1-3-6-11/h1-3,5-6,12,15H,4,7-10,14H2. The lowest BCUT2D eigenvalue weighted by Crippen LogP contribution is -2.43. The van der Waals surface area contributed by atoms with Crippen LogP contribution in [0.2, 0.25) is 0 Å². The van der Waals surface area contributed by atoms with Gasteiger partial charge in [0.2, 0.25) is 0 Å². The maximum absolute atomic E-state index is 10.4. The number of benzene rings is 1. The molecule has 0 aromatic heterocycles. The largest absolute Gasteiger partial charge is 0.388 e. The average molecular weight is 221 g/mol. The van der Waals surface area contributed by atoms with Gasteiger partial charge >= 0.3 is 0 Å². The Morgan fingerprint density at radius 1 is 1.38 bits per heavy atom. The summed E-state index contributed by atoms with van der Waals surface area (Å²) >= 11 is 0. The van der Waals surface area contributed by atoms with E-state index in [1.54, 1.807) is 0 Å². The molecule has 0 amide bonds. The highest BCUT2D eigenvalue weighted by atomic mass is 16.5. The molecule has 16 heavy (non-hydrogen) atoms. The van der Waals surface area contributed by atoms with Gasteiger partial charge in [-0.3, -0.25) is 0 Å². The number of rotatable bonds is 3. The number of ether oxygens (including phenoxy) is 1. The highest BCUT2D eigenvalue weighted by Crippen LogP contribution is 2.39. The van der Waals surface area contributed by atoms with Crippen LogP contribution in [0.25, 0.3) is 0 Å². The topological polar surface area (TPSA) is 55.5 Å². The summed E-state index contributed by atoms with van der Waals surface area (Å²) in [5.41, 5.74) is 6.46. The molecule has 0 radical (unpaired) electrons. The molecule has 0 spiro atoms. The lowest BCUT2D eigenvalue weighted by molar-refractivity contribution is -0.0781. The molecule has 2 unspecified atom stereocenters. The van der Waals surface area contributed by atoms with E-state index in [9.17, 15) is 5.11 Å². The first-order chi connectivity index (χ1) is 7.78. The molecule has 3 heteroatoms. The molecule has 0 saturated carbocycles. The Bertz CT molecular complexity index is 320. The Morgan fingerprint density at radius 3 is 2.69 bits per heavy atom. The fourth-order valence-corrected chi connectivity index (χ4v) is 2.35. The molecule has 88 valence electrons. The zero-order valence-corrected chi connectivity index (χ0v) is 9.43. The van der Waals surface area contributed by atoms with E-state index in [0.717, 1.165) is 25.0 Å². The van der Waals surface area contributed by atoms with E-state index in [1.165, 1.54) is 0 Å². The number of nitrogens with two attached hydrogens (primary N) is 1. The third-order valence-electron chi connectivity index (χ3n) is 3.45.